The van der Waals surface area contributed by atoms with Crippen molar-refractivity contribution in [2.45, 2.75) is 31.1 Å². The Bertz CT molecular complexity index is 435. The highest BCUT2D eigenvalue weighted by Crippen LogP contribution is 2.17. The Morgan fingerprint density at radius 3 is 2.53 bits per heavy atom. The lowest BCUT2D eigenvalue weighted by atomic mass is 10.1. The number of allylic oxidation sites excluding steroid dienone is 1. The molecule has 94 valence electrons. The molecule has 0 radical (unpaired) electrons. The van der Waals surface area contributed by atoms with Crippen molar-refractivity contribution in [3.8, 4) is 0 Å². The van der Waals surface area contributed by atoms with E-state index in [2.05, 4.69) is 6.58 Å². The molecule has 0 bridgehead atoms. The van der Waals surface area contributed by atoms with E-state index in [1.165, 1.54) is 0 Å². The molecule has 0 aliphatic rings. The molecule has 0 spiro atoms. The molecule has 0 N–H and O–H groups in total. The van der Waals surface area contributed by atoms with Gasteiger partial charge in [0.25, 0.3) is 0 Å². The molecule has 0 unspecified atom stereocenters. The molecule has 0 amide bonds. The van der Waals surface area contributed by atoms with Crippen LogP contribution in [0, 0.1) is 5.92 Å². The van der Waals surface area contributed by atoms with Gasteiger partial charge in [-0.25, -0.2) is 8.42 Å². The normalized spacial score (nSPS) is 13.2. The lowest BCUT2D eigenvalue weighted by Crippen LogP contribution is -2.14. The van der Waals surface area contributed by atoms with E-state index in [0.717, 1.165) is 19.3 Å². The SMILES string of the molecule is C=CCCC[C@@H](C)CS(=O)(=O)c1ccccc1. The van der Waals surface area contributed by atoms with Crippen LogP contribution in [0.25, 0.3) is 0 Å². The maximum absolute atomic E-state index is 12.1. The second-order valence-electron chi connectivity index (χ2n) is 4.42. The molecule has 0 aromatic heterocycles. The summed E-state index contributed by atoms with van der Waals surface area (Å²) in [5.74, 6) is 0.425. The van der Waals surface area contributed by atoms with Crippen molar-refractivity contribution < 1.29 is 8.42 Å². The van der Waals surface area contributed by atoms with Crippen LogP contribution in [-0.4, -0.2) is 14.2 Å². The summed E-state index contributed by atoms with van der Waals surface area (Å²) >= 11 is 0. The van der Waals surface area contributed by atoms with Crippen molar-refractivity contribution >= 4 is 9.84 Å². The van der Waals surface area contributed by atoms with Gasteiger partial charge in [0.15, 0.2) is 9.84 Å². The van der Waals surface area contributed by atoms with Gasteiger partial charge < -0.3 is 0 Å². The van der Waals surface area contributed by atoms with E-state index < -0.39 is 9.84 Å². The fraction of sp³-hybridized carbons (Fsp3) is 0.429. The average molecular weight is 252 g/mol. The minimum atomic E-state index is -3.12. The molecule has 0 heterocycles. The zero-order chi connectivity index (χ0) is 12.7. The van der Waals surface area contributed by atoms with E-state index in [-0.39, 0.29) is 11.7 Å². The number of benzene rings is 1. The van der Waals surface area contributed by atoms with Gasteiger partial charge in [0.05, 0.1) is 10.6 Å². The molecule has 1 atom stereocenters. The zero-order valence-electron chi connectivity index (χ0n) is 10.3. The molecule has 1 aromatic carbocycles. The molecule has 0 saturated heterocycles. The topological polar surface area (TPSA) is 34.1 Å². The summed E-state index contributed by atoms with van der Waals surface area (Å²) in [4.78, 5) is 0.426. The second-order valence-corrected chi connectivity index (χ2v) is 6.45. The van der Waals surface area contributed by atoms with Gasteiger partial charge in [-0.3, -0.25) is 0 Å². The van der Waals surface area contributed by atoms with Crippen molar-refractivity contribution in [3.05, 3.63) is 43.0 Å². The van der Waals surface area contributed by atoms with E-state index in [4.69, 9.17) is 0 Å². The lowest BCUT2D eigenvalue weighted by molar-refractivity contribution is 0.536. The highest BCUT2D eigenvalue weighted by Gasteiger charge is 2.17. The molecular weight excluding hydrogens is 232 g/mol. The quantitative estimate of drug-likeness (QED) is 0.550. The number of unbranched alkanes of at least 4 members (excludes halogenated alkanes) is 1. The molecular formula is C14H20O2S. The highest BCUT2D eigenvalue weighted by molar-refractivity contribution is 7.91. The summed E-state index contributed by atoms with van der Waals surface area (Å²) < 4.78 is 24.1. The minimum Gasteiger partial charge on any atom is -0.224 e. The van der Waals surface area contributed by atoms with Gasteiger partial charge in [-0.1, -0.05) is 31.2 Å². The summed E-state index contributed by atoms with van der Waals surface area (Å²) in [5, 5.41) is 0. The predicted octanol–water partition coefficient (Wildman–Crippen LogP) is 3.45. The minimum absolute atomic E-state index is 0.195. The van der Waals surface area contributed by atoms with Gasteiger partial charge in [0, 0.05) is 0 Å². The van der Waals surface area contributed by atoms with Crippen molar-refractivity contribution in [3.63, 3.8) is 0 Å². The Balaban J connectivity index is 2.58. The van der Waals surface area contributed by atoms with Gasteiger partial charge in [-0.2, -0.15) is 0 Å². The highest BCUT2D eigenvalue weighted by atomic mass is 32.2. The summed E-state index contributed by atoms with van der Waals surface area (Å²) in [6.45, 7) is 5.65. The van der Waals surface area contributed by atoms with E-state index in [0.29, 0.717) is 4.90 Å². The molecule has 3 heteroatoms. The van der Waals surface area contributed by atoms with Crippen LogP contribution in [0.3, 0.4) is 0 Å². The zero-order valence-corrected chi connectivity index (χ0v) is 11.1. The van der Waals surface area contributed by atoms with Gasteiger partial charge >= 0.3 is 0 Å². The van der Waals surface area contributed by atoms with Gasteiger partial charge in [0.1, 0.15) is 0 Å². The van der Waals surface area contributed by atoms with Gasteiger partial charge in [0.2, 0.25) is 0 Å². The molecule has 1 aromatic rings. The third-order valence-electron chi connectivity index (χ3n) is 2.71. The van der Waals surface area contributed by atoms with Crippen LogP contribution in [0.1, 0.15) is 26.2 Å². The molecule has 17 heavy (non-hydrogen) atoms. The van der Waals surface area contributed by atoms with Crippen molar-refractivity contribution in [1.29, 1.82) is 0 Å². The third kappa shape index (κ3) is 4.73. The summed E-state index contributed by atoms with van der Waals surface area (Å²) in [7, 11) is -3.12. The smallest absolute Gasteiger partial charge is 0.178 e. The number of hydrogen-bond donors (Lipinski definition) is 0. The Morgan fingerprint density at radius 1 is 1.29 bits per heavy atom. The monoisotopic (exact) mass is 252 g/mol. The maximum atomic E-state index is 12.1. The van der Waals surface area contributed by atoms with Crippen LogP contribution < -0.4 is 0 Å². The third-order valence-corrected chi connectivity index (χ3v) is 4.71. The average Bonchev–Trinajstić information content (AvgIpc) is 2.30. The summed E-state index contributed by atoms with van der Waals surface area (Å²) in [6.07, 6.45) is 4.77. The predicted molar refractivity (Wildman–Crippen MR) is 71.7 cm³/mol. The first kappa shape index (κ1) is 14.0. The maximum Gasteiger partial charge on any atom is 0.178 e. The van der Waals surface area contributed by atoms with Crippen molar-refractivity contribution in [2.75, 3.05) is 5.75 Å². The van der Waals surface area contributed by atoms with Crippen LogP contribution in [0.5, 0.6) is 0 Å². The summed E-state index contributed by atoms with van der Waals surface area (Å²) in [5.41, 5.74) is 0. The summed E-state index contributed by atoms with van der Waals surface area (Å²) in [6, 6.07) is 8.66. The number of rotatable bonds is 7. The van der Waals surface area contributed by atoms with Crippen LogP contribution in [-0.2, 0) is 9.84 Å². The van der Waals surface area contributed by atoms with Crippen LogP contribution in [0.15, 0.2) is 47.9 Å². The molecule has 0 aliphatic carbocycles. The van der Waals surface area contributed by atoms with E-state index >= 15 is 0 Å². The molecule has 0 aliphatic heterocycles. The second kappa shape index (κ2) is 6.60. The first-order valence-corrected chi connectivity index (χ1v) is 7.60. The van der Waals surface area contributed by atoms with E-state index in [1.807, 2.05) is 19.1 Å². The van der Waals surface area contributed by atoms with Crippen molar-refractivity contribution in [1.82, 2.24) is 0 Å². The van der Waals surface area contributed by atoms with E-state index in [1.54, 1.807) is 24.3 Å². The molecule has 2 nitrogen and oxygen atoms in total. The van der Waals surface area contributed by atoms with Crippen LogP contribution in [0.2, 0.25) is 0 Å². The Kier molecular flexibility index (Phi) is 5.42. The standard InChI is InChI=1S/C14H20O2S/c1-3-4-6-9-13(2)12-17(15,16)14-10-7-5-8-11-14/h3,5,7-8,10-11,13H,1,4,6,9,12H2,2H3/t13-/m1/s1. The molecule has 1 rings (SSSR count). The van der Waals surface area contributed by atoms with Crippen LogP contribution >= 0.6 is 0 Å². The van der Waals surface area contributed by atoms with Gasteiger partial charge in [-0.05, 0) is 37.3 Å². The lowest BCUT2D eigenvalue weighted by Gasteiger charge is -2.11. The fourth-order valence-electron chi connectivity index (χ4n) is 1.79. The van der Waals surface area contributed by atoms with Crippen molar-refractivity contribution in [2.24, 2.45) is 5.92 Å². The Morgan fingerprint density at radius 2 is 1.94 bits per heavy atom. The van der Waals surface area contributed by atoms with Gasteiger partial charge in [-0.15, -0.1) is 6.58 Å². The number of sulfone groups is 1. The largest absolute Gasteiger partial charge is 0.224 e. The van der Waals surface area contributed by atoms with Crippen LogP contribution in [0.4, 0.5) is 0 Å². The fourth-order valence-corrected chi connectivity index (χ4v) is 3.47. The number of hydrogen-bond acceptors (Lipinski definition) is 2. The first-order valence-electron chi connectivity index (χ1n) is 5.95. The molecule has 0 saturated carbocycles. The first-order chi connectivity index (χ1) is 8.06. The Hall–Kier alpha value is -1.09. The Labute approximate surface area is 104 Å². The molecule has 0 fully saturated rings. The van der Waals surface area contributed by atoms with E-state index in [9.17, 15) is 8.42 Å².